The molecule has 0 saturated heterocycles. The molecule has 23 heavy (non-hydrogen) atoms. The van der Waals surface area contributed by atoms with Crippen LogP contribution in [0.2, 0.25) is 0 Å². The van der Waals surface area contributed by atoms with Crippen molar-refractivity contribution in [3.63, 3.8) is 0 Å². The third-order valence-electron chi connectivity index (χ3n) is 4.02. The zero-order valence-electron chi connectivity index (χ0n) is 13.9. The first-order valence-electron chi connectivity index (χ1n) is 7.59. The highest BCUT2D eigenvalue weighted by Gasteiger charge is 2.29. The van der Waals surface area contributed by atoms with E-state index in [1.807, 2.05) is 69.3 Å². The predicted octanol–water partition coefficient (Wildman–Crippen LogP) is 3.64. The van der Waals surface area contributed by atoms with E-state index in [0.29, 0.717) is 6.54 Å². The van der Waals surface area contributed by atoms with E-state index < -0.39 is 5.41 Å². The number of nitrogens with two attached hydrogens (primary N) is 1. The maximum absolute atomic E-state index is 12.5. The monoisotopic (exact) mass is 332 g/mol. The van der Waals surface area contributed by atoms with Crippen molar-refractivity contribution < 1.29 is 4.79 Å². The molecular formula is C19H25ClN2O. The molecule has 4 heteroatoms. The van der Waals surface area contributed by atoms with Gasteiger partial charge in [-0.25, -0.2) is 0 Å². The Labute approximate surface area is 144 Å². The van der Waals surface area contributed by atoms with Crippen LogP contribution < -0.4 is 11.1 Å². The Morgan fingerprint density at radius 3 is 2.17 bits per heavy atom. The van der Waals surface area contributed by atoms with Crippen LogP contribution in [0.15, 0.2) is 48.5 Å². The highest BCUT2D eigenvalue weighted by molar-refractivity contribution is 5.87. The van der Waals surface area contributed by atoms with Crippen LogP contribution in [-0.2, 0) is 16.6 Å². The molecule has 0 saturated carbocycles. The molecule has 2 aromatic carbocycles. The van der Waals surface area contributed by atoms with Crippen LogP contribution >= 0.6 is 12.4 Å². The van der Waals surface area contributed by atoms with Crippen molar-refractivity contribution in [2.24, 2.45) is 0 Å². The number of hydrogen-bond donors (Lipinski definition) is 2. The van der Waals surface area contributed by atoms with Crippen LogP contribution in [0.4, 0.5) is 5.69 Å². The van der Waals surface area contributed by atoms with Gasteiger partial charge in [0.2, 0.25) is 5.91 Å². The number of amides is 1. The van der Waals surface area contributed by atoms with Crippen LogP contribution in [0.25, 0.3) is 0 Å². The highest BCUT2D eigenvalue weighted by Crippen LogP contribution is 2.23. The molecule has 0 aliphatic rings. The van der Waals surface area contributed by atoms with E-state index in [-0.39, 0.29) is 18.3 Å². The fraction of sp³-hybridized carbons (Fsp3) is 0.316. The molecule has 0 aliphatic heterocycles. The summed E-state index contributed by atoms with van der Waals surface area (Å²) in [5, 5.41) is 3.03. The van der Waals surface area contributed by atoms with Crippen LogP contribution in [0.1, 0.15) is 30.5 Å². The van der Waals surface area contributed by atoms with Crippen LogP contribution in [0.5, 0.6) is 0 Å². The molecule has 3 nitrogen and oxygen atoms in total. The van der Waals surface area contributed by atoms with Gasteiger partial charge in [0.05, 0.1) is 5.41 Å². The number of carbonyl (C=O) groups is 1. The van der Waals surface area contributed by atoms with Crippen LogP contribution in [0.3, 0.4) is 0 Å². The van der Waals surface area contributed by atoms with E-state index in [9.17, 15) is 4.79 Å². The summed E-state index contributed by atoms with van der Waals surface area (Å²) in [4.78, 5) is 12.5. The molecule has 2 aromatic rings. The van der Waals surface area contributed by atoms with Gasteiger partial charge < -0.3 is 11.1 Å². The van der Waals surface area contributed by atoms with Gasteiger partial charge in [0.25, 0.3) is 0 Å². The first-order valence-corrected chi connectivity index (χ1v) is 7.59. The Kier molecular flexibility index (Phi) is 6.64. The van der Waals surface area contributed by atoms with Gasteiger partial charge in [-0.2, -0.15) is 0 Å². The molecule has 0 fully saturated rings. The van der Waals surface area contributed by atoms with Crippen molar-refractivity contribution in [1.82, 2.24) is 5.32 Å². The maximum Gasteiger partial charge on any atom is 0.230 e. The summed E-state index contributed by atoms with van der Waals surface area (Å²) in [7, 11) is 0. The number of aryl methyl sites for hydroxylation is 1. The fourth-order valence-corrected chi connectivity index (χ4v) is 2.33. The summed E-state index contributed by atoms with van der Waals surface area (Å²) >= 11 is 0. The van der Waals surface area contributed by atoms with E-state index in [4.69, 9.17) is 5.73 Å². The number of nitrogens with one attached hydrogen (secondary N) is 1. The molecule has 0 bridgehead atoms. The molecule has 3 N–H and O–H groups in total. The number of halogens is 1. The number of rotatable bonds is 5. The van der Waals surface area contributed by atoms with Gasteiger partial charge in [0.15, 0.2) is 0 Å². The zero-order chi connectivity index (χ0) is 16.2. The lowest BCUT2D eigenvalue weighted by Crippen LogP contribution is -2.40. The molecule has 0 aromatic heterocycles. The minimum Gasteiger partial charge on any atom is -0.399 e. The highest BCUT2D eigenvalue weighted by atomic mass is 35.5. The van der Waals surface area contributed by atoms with Gasteiger partial charge in [-0.1, -0.05) is 42.0 Å². The molecule has 0 unspecified atom stereocenters. The summed E-state index contributed by atoms with van der Waals surface area (Å²) in [6.07, 6.45) is 0.802. The molecule has 0 aliphatic carbocycles. The van der Waals surface area contributed by atoms with E-state index in [1.165, 1.54) is 11.1 Å². The van der Waals surface area contributed by atoms with Crippen molar-refractivity contribution >= 4 is 24.0 Å². The second-order valence-corrected chi connectivity index (χ2v) is 6.24. The molecule has 0 atom stereocenters. The van der Waals surface area contributed by atoms with Crippen molar-refractivity contribution in [3.8, 4) is 0 Å². The molecular weight excluding hydrogens is 308 g/mol. The van der Waals surface area contributed by atoms with Crippen LogP contribution in [-0.4, -0.2) is 12.5 Å². The quantitative estimate of drug-likeness (QED) is 0.821. The second-order valence-electron chi connectivity index (χ2n) is 6.24. The van der Waals surface area contributed by atoms with E-state index in [2.05, 4.69) is 5.32 Å². The molecule has 0 spiro atoms. The smallest absolute Gasteiger partial charge is 0.230 e. The van der Waals surface area contributed by atoms with Gasteiger partial charge in [-0.15, -0.1) is 12.4 Å². The average Bonchev–Trinajstić information content (AvgIpc) is 2.49. The first-order chi connectivity index (χ1) is 10.4. The van der Waals surface area contributed by atoms with Crippen molar-refractivity contribution in [3.05, 3.63) is 65.2 Å². The van der Waals surface area contributed by atoms with E-state index in [0.717, 1.165) is 17.7 Å². The standard InChI is InChI=1S/C19H24N2O.ClH/c1-14-4-8-16(9-5-14)19(2,3)18(22)21-13-12-15-6-10-17(20)11-7-15;/h4-11H,12-13,20H2,1-3H3,(H,21,22);1H. The number of nitrogen functional groups attached to an aromatic ring is 1. The van der Waals surface area contributed by atoms with E-state index in [1.54, 1.807) is 0 Å². The number of anilines is 1. The largest absolute Gasteiger partial charge is 0.399 e. The minimum absolute atomic E-state index is 0. The van der Waals surface area contributed by atoms with Crippen molar-refractivity contribution in [2.45, 2.75) is 32.6 Å². The van der Waals surface area contributed by atoms with E-state index >= 15 is 0 Å². The first kappa shape index (κ1) is 19.0. The minimum atomic E-state index is -0.533. The topological polar surface area (TPSA) is 55.1 Å². The molecule has 0 radical (unpaired) electrons. The zero-order valence-corrected chi connectivity index (χ0v) is 14.7. The Balaban J connectivity index is 0.00000264. The number of hydrogen-bond acceptors (Lipinski definition) is 2. The molecule has 0 heterocycles. The van der Waals surface area contributed by atoms with Gasteiger partial charge in [0.1, 0.15) is 0 Å². The van der Waals surface area contributed by atoms with Gasteiger partial charge in [-0.3, -0.25) is 4.79 Å². The number of carbonyl (C=O) groups excluding carboxylic acids is 1. The van der Waals surface area contributed by atoms with Crippen molar-refractivity contribution in [2.75, 3.05) is 12.3 Å². The third kappa shape index (κ3) is 5.00. The summed E-state index contributed by atoms with van der Waals surface area (Å²) in [5.41, 5.74) is 9.29. The SMILES string of the molecule is Cc1ccc(C(C)(C)C(=O)NCCc2ccc(N)cc2)cc1.Cl. The Morgan fingerprint density at radius 2 is 1.61 bits per heavy atom. The lowest BCUT2D eigenvalue weighted by molar-refractivity contribution is -0.125. The molecule has 1 amide bonds. The molecule has 2 rings (SSSR count). The second kappa shape index (κ2) is 8.02. The van der Waals surface area contributed by atoms with Crippen LogP contribution in [0, 0.1) is 6.92 Å². The lowest BCUT2D eigenvalue weighted by Gasteiger charge is -2.24. The summed E-state index contributed by atoms with van der Waals surface area (Å²) < 4.78 is 0. The predicted molar refractivity (Wildman–Crippen MR) is 99.0 cm³/mol. The summed E-state index contributed by atoms with van der Waals surface area (Å²) in [5.74, 6) is 0.0480. The summed E-state index contributed by atoms with van der Waals surface area (Å²) in [6, 6.07) is 15.9. The average molecular weight is 333 g/mol. The maximum atomic E-state index is 12.5. The lowest BCUT2D eigenvalue weighted by atomic mass is 9.83. The third-order valence-corrected chi connectivity index (χ3v) is 4.02. The Bertz CT molecular complexity index is 633. The Morgan fingerprint density at radius 1 is 1.04 bits per heavy atom. The summed E-state index contributed by atoms with van der Waals surface area (Å²) in [6.45, 7) is 6.58. The van der Waals surface area contributed by atoms with Gasteiger partial charge in [0, 0.05) is 12.2 Å². The molecule has 124 valence electrons. The van der Waals surface area contributed by atoms with Gasteiger partial charge in [-0.05, 0) is 50.5 Å². The number of benzene rings is 2. The normalized spacial score (nSPS) is 10.7. The fourth-order valence-electron chi connectivity index (χ4n) is 2.33. The van der Waals surface area contributed by atoms with Gasteiger partial charge >= 0.3 is 0 Å². The van der Waals surface area contributed by atoms with Crippen molar-refractivity contribution in [1.29, 1.82) is 0 Å². The Hall–Kier alpha value is -2.00.